The van der Waals surface area contributed by atoms with Crippen LogP contribution in [-0.2, 0) is 9.59 Å². The molecule has 0 spiro atoms. The number of nitrogens with zero attached hydrogens (tertiary/aromatic N) is 1. The van der Waals surface area contributed by atoms with E-state index in [1.807, 2.05) is 0 Å². The molecule has 1 heterocycles. The van der Waals surface area contributed by atoms with Crippen LogP contribution in [0.2, 0.25) is 0 Å². The number of nitrogens with one attached hydrogen (secondary N) is 2. The van der Waals surface area contributed by atoms with Crippen molar-refractivity contribution in [2.45, 2.75) is 52.0 Å². The molecule has 118 valence electrons. The van der Waals surface area contributed by atoms with Gasteiger partial charge in [0.25, 0.3) is 0 Å². The van der Waals surface area contributed by atoms with Gasteiger partial charge in [-0.05, 0) is 37.9 Å². The molecule has 21 heavy (non-hydrogen) atoms. The summed E-state index contributed by atoms with van der Waals surface area (Å²) in [6, 6.07) is 0.199. The standard InChI is InChI=1S/C16H27N3O2/c1-3-19(4-2)10-9-17-15(20)11-13-12-7-5-6-8-14(12)18-16(13)21/h14H,3-11H2,1-2H3,(H,17,20)(H,18,21). The first-order chi connectivity index (χ1) is 10.2. The number of amides is 2. The van der Waals surface area contributed by atoms with Crippen LogP contribution in [-0.4, -0.2) is 48.9 Å². The fourth-order valence-electron chi connectivity index (χ4n) is 3.23. The van der Waals surface area contributed by atoms with E-state index in [1.54, 1.807) is 0 Å². The molecular formula is C16H27N3O2. The van der Waals surface area contributed by atoms with E-state index in [0.717, 1.165) is 50.9 Å². The SMILES string of the molecule is CCN(CC)CCNC(=O)CC1=C2CCCCC2NC1=O. The third kappa shape index (κ3) is 4.06. The van der Waals surface area contributed by atoms with Gasteiger partial charge in [0.2, 0.25) is 11.8 Å². The topological polar surface area (TPSA) is 61.4 Å². The molecule has 2 amide bonds. The number of carbonyl (C=O) groups is 2. The highest BCUT2D eigenvalue weighted by Gasteiger charge is 2.33. The minimum Gasteiger partial charge on any atom is -0.355 e. The zero-order valence-electron chi connectivity index (χ0n) is 13.2. The minimum absolute atomic E-state index is 0.0317. The first-order valence-corrected chi connectivity index (χ1v) is 8.17. The zero-order valence-corrected chi connectivity index (χ0v) is 13.2. The molecule has 1 atom stereocenters. The van der Waals surface area contributed by atoms with E-state index in [9.17, 15) is 9.59 Å². The zero-order chi connectivity index (χ0) is 15.2. The molecule has 1 fully saturated rings. The van der Waals surface area contributed by atoms with E-state index in [1.165, 1.54) is 5.57 Å². The van der Waals surface area contributed by atoms with E-state index >= 15 is 0 Å². The van der Waals surface area contributed by atoms with Crippen LogP contribution in [0.5, 0.6) is 0 Å². The van der Waals surface area contributed by atoms with Crippen LogP contribution in [0.1, 0.15) is 46.0 Å². The number of likely N-dealkylation sites (N-methyl/N-ethyl adjacent to an activating group) is 1. The average molecular weight is 293 g/mol. The van der Waals surface area contributed by atoms with Gasteiger partial charge >= 0.3 is 0 Å². The number of carbonyl (C=O) groups excluding carboxylic acids is 2. The van der Waals surface area contributed by atoms with E-state index in [2.05, 4.69) is 29.4 Å². The van der Waals surface area contributed by atoms with Crippen molar-refractivity contribution < 1.29 is 9.59 Å². The monoisotopic (exact) mass is 293 g/mol. The van der Waals surface area contributed by atoms with Gasteiger partial charge in [-0.15, -0.1) is 0 Å². The Morgan fingerprint density at radius 2 is 2.10 bits per heavy atom. The number of hydrogen-bond acceptors (Lipinski definition) is 3. The summed E-state index contributed by atoms with van der Waals surface area (Å²) in [7, 11) is 0. The Kier molecular flexibility index (Phi) is 5.79. The molecule has 1 aliphatic heterocycles. The second-order valence-electron chi connectivity index (χ2n) is 5.83. The molecule has 1 unspecified atom stereocenters. The fourth-order valence-corrected chi connectivity index (χ4v) is 3.23. The molecule has 0 bridgehead atoms. The van der Waals surface area contributed by atoms with Crippen molar-refractivity contribution in [1.82, 2.24) is 15.5 Å². The lowest BCUT2D eigenvalue weighted by Gasteiger charge is -2.20. The lowest BCUT2D eigenvalue weighted by atomic mass is 9.89. The average Bonchev–Trinajstić information content (AvgIpc) is 2.80. The van der Waals surface area contributed by atoms with Crippen molar-refractivity contribution in [1.29, 1.82) is 0 Å². The third-order valence-corrected chi connectivity index (χ3v) is 4.56. The Bertz CT molecular complexity index is 427. The Balaban J connectivity index is 1.83. The second-order valence-corrected chi connectivity index (χ2v) is 5.83. The summed E-state index contributed by atoms with van der Waals surface area (Å²) in [5.41, 5.74) is 1.91. The van der Waals surface area contributed by atoms with Gasteiger partial charge in [-0.1, -0.05) is 20.3 Å². The summed E-state index contributed by atoms with van der Waals surface area (Å²) in [6.07, 6.45) is 4.52. The highest BCUT2D eigenvalue weighted by Crippen LogP contribution is 2.32. The quantitative estimate of drug-likeness (QED) is 0.741. The van der Waals surface area contributed by atoms with Crippen LogP contribution in [0.25, 0.3) is 0 Å². The predicted octanol–water partition coefficient (Wildman–Crippen LogP) is 1.20. The Labute approximate surface area is 127 Å². The number of fused-ring (bicyclic) bond motifs is 1. The molecule has 0 aromatic rings. The summed E-state index contributed by atoms with van der Waals surface area (Å²) >= 11 is 0. The Hall–Kier alpha value is -1.36. The second kappa shape index (κ2) is 7.59. The Morgan fingerprint density at radius 1 is 1.33 bits per heavy atom. The minimum atomic E-state index is -0.0361. The summed E-state index contributed by atoms with van der Waals surface area (Å²) in [5, 5.41) is 5.93. The molecule has 5 nitrogen and oxygen atoms in total. The van der Waals surface area contributed by atoms with Crippen LogP contribution in [0.3, 0.4) is 0 Å². The van der Waals surface area contributed by atoms with Crippen LogP contribution < -0.4 is 10.6 Å². The van der Waals surface area contributed by atoms with Crippen molar-refractivity contribution in [3.8, 4) is 0 Å². The van der Waals surface area contributed by atoms with E-state index < -0.39 is 0 Å². The molecule has 0 radical (unpaired) electrons. The van der Waals surface area contributed by atoms with E-state index in [-0.39, 0.29) is 24.3 Å². The van der Waals surface area contributed by atoms with Gasteiger partial charge in [-0.3, -0.25) is 9.59 Å². The van der Waals surface area contributed by atoms with Gasteiger partial charge in [0.15, 0.2) is 0 Å². The molecule has 5 heteroatoms. The van der Waals surface area contributed by atoms with Gasteiger partial charge < -0.3 is 15.5 Å². The normalized spacial score (nSPS) is 21.5. The van der Waals surface area contributed by atoms with Crippen molar-refractivity contribution in [3.05, 3.63) is 11.1 Å². The lowest BCUT2D eigenvalue weighted by Crippen LogP contribution is -2.35. The lowest BCUT2D eigenvalue weighted by molar-refractivity contribution is -0.123. The van der Waals surface area contributed by atoms with Crippen molar-refractivity contribution in [2.24, 2.45) is 0 Å². The van der Waals surface area contributed by atoms with Crippen LogP contribution in [0, 0.1) is 0 Å². The third-order valence-electron chi connectivity index (χ3n) is 4.56. The maximum Gasteiger partial charge on any atom is 0.248 e. The van der Waals surface area contributed by atoms with Crippen LogP contribution in [0.15, 0.2) is 11.1 Å². The molecule has 2 aliphatic rings. The molecule has 2 N–H and O–H groups in total. The van der Waals surface area contributed by atoms with Crippen molar-refractivity contribution in [3.63, 3.8) is 0 Å². The smallest absolute Gasteiger partial charge is 0.248 e. The molecular weight excluding hydrogens is 266 g/mol. The molecule has 1 saturated carbocycles. The first-order valence-electron chi connectivity index (χ1n) is 8.17. The molecule has 0 saturated heterocycles. The van der Waals surface area contributed by atoms with Gasteiger partial charge in [-0.25, -0.2) is 0 Å². The summed E-state index contributed by atoms with van der Waals surface area (Å²) in [4.78, 5) is 26.3. The van der Waals surface area contributed by atoms with Gasteiger partial charge in [-0.2, -0.15) is 0 Å². The van der Waals surface area contributed by atoms with Crippen molar-refractivity contribution >= 4 is 11.8 Å². The van der Waals surface area contributed by atoms with Gasteiger partial charge in [0, 0.05) is 18.7 Å². The van der Waals surface area contributed by atoms with E-state index in [4.69, 9.17) is 0 Å². The highest BCUT2D eigenvalue weighted by molar-refractivity contribution is 6.02. The first kappa shape index (κ1) is 16.0. The summed E-state index contributed by atoms with van der Waals surface area (Å²) < 4.78 is 0. The number of hydrogen-bond donors (Lipinski definition) is 2. The largest absolute Gasteiger partial charge is 0.355 e. The van der Waals surface area contributed by atoms with E-state index in [0.29, 0.717) is 6.54 Å². The van der Waals surface area contributed by atoms with Gasteiger partial charge in [0.05, 0.1) is 12.5 Å². The molecule has 0 aromatic carbocycles. The number of rotatable bonds is 7. The highest BCUT2D eigenvalue weighted by atomic mass is 16.2. The summed E-state index contributed by atoms with van der Waals surface area (Å²) in [5.74, 6) is -0.0678. The Morgan fingerprint density at radius 3 is 2.81 bits per heavy atom. The maximum absolute atomic E-state index is 12.0. The van der Waals surface area contributed by atoms with Crippen LogP contribution >= 0.6 is 0 Å². The summed E-state index contributed by atoms with van der Waals surface area (Å²) in [6.45, 7) is 7.72. The van der Waals surface area contributed by atoms with Crippen LogP contribution in [0.4, 0.5) is 0 Å². The van der Waals surface area contributed by atoms with Crippen molar-refractivity contribution in [2.75, 3.05) is 26.2 Å². The molecule has 1 aliphatic carbocycles. The molecule has 0 aromatic heterocycles. The van der Waals surface area contributed by atoms with Gasteiger partial charge in [0.1, 0.15) is 0 Å². The maximum atomic E-state index is 12.0. The molecule has 2 rings (SSSR count). The predicted molar refractivity (Wildman–Crippen MR) is 82.8 cm³/mol. The fraction of sp³-hybridized carbons (Fsp3) is 0.750.